The van der Waals surface area contributed by atoms with Crippen LogP contribution in [0.5, 0.6) is 0 Å². The molecule has 0 aliphatic carbocycles. The molecule has 130 valence electrons. The van der Waals surface area contributed by atoms with E-state index < -0.39 is 11.8 Å². The molecule has 1 unspecified atom stereocenters. The lowest BCUT2D eigenvalue weighted by Gasteiger charge is -2.15. The highest BCUT2D eigenvalue weighted by molar-refractivity contribution is 6.03. The minimum absolute atomic E-state index is 0.0746. The lowest BCUT2D eigenvalue weighted by molar-refractivity contribution is -0.464. The Labute approximate surface area is 138 Å². The number of amides is 2. The standard InChI is InChI=1S/C17H29N3O3/c1-3-5-7-8-9-10-14(21)19-13-12-15(22)20-16(17(13,20)23)18-11-6-4-2/h13,23H,3-12H2,1-2H3,(H,19,21)/p+1/t13-,17?,20?/m1/s1. The van der Waals surface area contributed by atoms with E-state index in [4.69, 9.17) is 0 Å². The minimum atomic E-state index is -1.30. The SMILES string of the molecule is CCCCCCCC(=O)N[C@@H]1CC(=O)[N+]2=C(NCCCC)C12O. The van der Waals surface area contributed by atoms with Crippen molar-refractivity contribution in [3.05, 3.63) is 0 Å². The monoisotopic (exact) mass is 324 g/mol. The molecule has 0 aromatic carbocycles. The van der Waals surface area contributed by atoms with Gasteiger partial charge in [-0.1, -0.05) is 46.0 Å². The largest absolute Gasteiger partial charge is 0.345 e. The number of carbonyl (C=O) groups is 2. The molecule has 0 bridgehead atoms. The Morgan fingerprint density at radius 2 is 1.91 bits per heavy atom. The van der Waals surface area contributed by atoms with Gasteiger partial charge in [0.1, 0.15) is 6.04 Å². The zero-order valence-electron chi connectivity index (χ0n) is 14.4. The van der Waals surface area contributed by atoms with E-state index in [9.17, 15) is 14.7 Å². The summed E-state index contributed by atoms with van der Waals surface area (Å²) in [6.45, 7) is 4.98. The zero-order chi connectivity index (χ0) is 16.9. The van der Waals surface area contributed by atoms with Crippen molar-refractivity contribution in [3.63, 3.8) is 0 Å². The first-order valence-electron chi connectivity index (χ1n) is 9.01. The van der Waals surface area contributed by atoms with Crippen molar-refractivity contribution < 1.29 is 19.3 Å². The Kier molecular flexibility index (Phi) is 6.16. The molecule has 2 aliphatic rings. The normalized spacial score (nSPS) is 25.5. The Morgan fingerprint density at radius 3 is 2.61 bits per heavy atom. The third-order valence-corrected chi connectivity index (χ3v) is 4.64. The predicted molar refractivity (Wildman–Crippen MR) is 88.1 cm³/mol. The summed E-state index contributed by atoms with van der Waals surface area (Å²) in [5.41, 5.74) is -1.30. The molecule has 23 heavy (non-hydrogen) atoms. The number of fused-ring (bicyclic) bond motifs is 1. The van der Waals surface area contributed by atoms with Crippen molar-refractivity contribution in [2.24, 2.45) is 0 Å². The van der Waals surface area contributed by atoms with Crippen LogP contribution in [-0.4, -0.2) is 45.6 Å². The second kappa shape index (κ2) is 7.90. The number of aliphatic hydroxyl groups is 1. The number of hydrogen-bond acceptors (Lipinski definition) is 4. The van der Waals surface area contributed by atoms with Gasteiger partial charge in [-0.15, -0.1) is 0 Å². The van der Waals surface area contributed by atoms with Crippen molar-refractivity contribution >= 4 is 17.6 Å². The van der Waals surface area contributed by atoms with Gasteiger partial charge in [0.2, 0.25) is 5.91 Å². The molecular weight excluding hydrogens is 294 g/mol. The minimum Gasteiger partial charge on any atom is -0.345 e. The van der Waals surface area contributed by atoms with Crippen LogP contribution < -0.4 is 10.6 Å². The Balaban J connectivity index is 1.76. The molecule has 2 rings (SSSR count). The highest BCUT2D eigenvalue weighted by Crippen LogP contribution is 2.36. The molecule has 1 saturated heterocycles. The Bertz CT molecular complexity index is 489. The smallest absolute Gasteiger partial charge is 0.337 e. The van der Waals surface area contributed by atoms with Crippen molar-refractivity contribution in [2.75, 3.05) is 6.54 Å². The van der Waals surface area contributed by atoms with E-state index in [0.717, 1.165) is 38.6 Å². The highest BCUT2D eigenvalue weighted by atomic mass is 16.3. The van der Waals surface area contributed by atoms with E-state index in [2.05, 4.69) is 24.5 Å². The van der Waals surface area contributed by atoms with Gasteiger partial charge in [0.25, 0.3) is 0 Å². The van der Waals surface area contributed by atoms with E-state index in [0.29, 0.717) is 12.3 Å². The van der Waals surface area contributed by atoms with Gasteiger partial charge in [0, 0.05) is 6.42 Å². The van der Waals surface area contributed by atoms with Crippen LogP contribution >= 0.6 is 0 Å². The van der Waals surface area contributed by atoms with Gasteiger partial charge in [0.15, 0.2) is 0 Å². The third kappa shape index (κ3) is 3.91. The maximum atomic E-state index is 12.0. The summed E-state index contributed by atoms with van der Waals surface area (Å²) in [6.07, 6.45) is 8.12. The van der Waals surface area contributed by atoms with E-state index >= 15 is 0 Å². The van der Waals surface area contributed by atoms with Crippen LogP contribution in [-0.2, 0) is 9.59 Å². The van der Waals surface area contributed by atoms with Crippen molar-refractivity contribution in [2.45, 2.75) is 83.4 Å². The molecule has 0 saturated carbocycles. The van der Waals surface area contributed by atoms with Crippen LogP contribution in [0.2, 0.25) is 0 Å². The molecule has 3 N–H and O–H groups in total. The molecule has 0 aromatic heterocycles. The summed E-state index contributed by atoms with van der Waals surface area (Å²) >= 11 is 0. The molecule has 1 fully saturated rings. The van der Waals surface area contributed by atoms with Crippen molar-refractivity contribution in [1.82, 2.24) is 10.6 Å². The summed E-state index contributed by atoms with van der Waals surface area (Å²) in [6, 6.07) is -0.526. The maximum absolute atomic E-state index is 12.0. The van der Waals surface area contributed by atoms with Gasteiger partial charge in [0.05, 0.1) is 13.0 Å². The number of nitrogens with zero attached hydrogens (tertiary/aromatic N) is 1. The summed E-state index contributed by atoms with van der Waals surface area (Å²) < 4.78 is 1.38. The Hall–Kier alpha value is -1.43. The topological polar surface area (TPSA) is 81.4 Å². The van der Waals surface area contributed by atoms with E-state index in [-0.39, 0.29) is 18.2 Å². The summed E-state index contributed by atoms with van der Waals surface area (Å²) in [5.74, 6) is 0.351. The lowest BCUT2D eigenvalue weighted by Crippen LogP contribution is -2.49. The fourth-order valence-electron chi connectivity index (χ4n) is 3.20. The van der Waals surface area contributed by atoms with Crippen LogP contribution in [0.25, 0.3) is 0 Å². The highest BCUT2D eigenvalue weighted by Gasteiger charge is 2.75. The van der Waals surface area contributed by atoms with Crippen molar-refractivity contribution in [1.29, 1.82) is 0 Å². The first kappa shape index (κ1) is 17.9. The van der Waals surface area contributed by atoms with Gasteiger partial charge < -0.3 is 10.4 Å². The summed E-state index contributed by atoms with van der Waals surface area (Å²) in [4.78, 5) is 24.0. The van der Waals surface area contributed by atoms with Crippen LogP contribution in [0, 0.1) is 0 Å². The van der Waals surface area contributed by atoms with Gasteiger partial charge in [-0.05, 0) is 12.8 Å². The van der Waals surface area contributed by atoms with Crippen LogP contribution in [0.15, 0.2) is 0 Å². The fraction of sp³-hybridized carbons (Fsp3) is 0.824. The number of rotatable bonds is 10. The molecule has 6 nitrogen and oxygen atoms in total. The molecule has 0 spiro atoms. The first-order valence-corrected chi connectivity index (χ1v) is 9.01. The van der Waals surface area contributed by atoms with Gasteiger partial charge in [-0.3, -0.25) is 10.1 Å². The first-order chi connectivity index (χ1) is 11.1. The van der Waals surface area contributed by atoms with E-state index in [1.165, 1.54) is 17.4 Å². The van der Waals surface area contributed by atoms with Gasteiger partial charge in [-0.25, -0.2) is 4.79 Å². The molecule has 2 amide bonds. The summed E-state index contributed by atoms with van der Waals surface area (Å²) in [7, 11) is 0. The molecular formula is C17H30N3O3+. The number of amidine groups is 1. The van der Waals surface area contributed by atoms with Gasteiger partial charge >= 0.3 is 17.5 Å². The van der Waals surface area contributed by atoms with E-state index in [1.807, 2.05) is 0 Å². The molecule has 0 aromatic rings. The molecule has 6 heteroatoms. The Morgan fingerprint density at radius 1 is 1.22 bits per heavy atom. The maximum Gasteiger partial charge on any atom is 0.337 e. The quantitative estimate of drug-likeness (QED) is 0.417. The number of nitrogens with one attached hydrogen (secondary N) is 2. The number of unbranched alkanes of at least 4 members (excludes halogenated alkanes) is 5. The van der Waals surface area contributed by atoms with Gasteiger partial charge in [-0.2, -0.15) is 4.58 Å². The van der Waals surface area contributed by atoms with Crippen molar-refractivity contribution in [3.8, 4) is 0 Å². The average molecular weight is 324 g/mol. The molecule has 0 radical (unpaired) electrons. The van der Waals surface area contributed by atoms with E-state index in [1.54, 1.807) is 0 Å². The average Bonchev–Trinajstić information content (AvgIpc) is 3.03. The lowest BCUT2D eigenvalue weighted by atomic mass is 10.1. The molecule has 2 aliphatic heterocycles. The summed E-state index contributed by atoms with van der Waals surface area (Å²) in [5, 5.41) is 16.6. The third-order valence-electron chi connectivity index (χ3n) is 4.64. The second-order valence-corrected chi connectivity index (χ2v) is 6.57. The number of carbonyl (C=O) groups excluding carboxylic acids is 2. The zero-order valence-corrected chi connectivity index (χ0v) is 14.4. The molecule has 2 heterocycles. The molecule has 2 atom stereocenters. The van der Waals surface area contributed by atoms with Crippen LogP contribution in [0.3, 0.4) is 0 Å². The van der Waals surface area contributed by atoms with Crippen LogP contribution in [0.1, 0.15) is 71.6 Å². The number of hydrogen-bond donors (Lipinski definition) is 3. The predicted octanol–water partition coefficient (Wildman–Crippen LogP) is 1.26. The second-order valence-electron chi connectivity index (χ2n) is 6.57. The fourth-order valence-corrected chi connectivity index (χ4v) is 3.20. The van der Waals surface area contributed by atoms with Crippen LogP contribution in [0.4, 0.5) is 0 Å².